The molecule has 2 amide bonds. The van der Waals surface area contributed by atoms with E-state index in [1.165, 1.54) is 0 Å². The molecule has 2 aliphatic heterocycles. The van der Waals surface area contributed by atoms with Crippen molar-refractivity contribution >= 4 is 35.0 Å². The summed E-state index contributed by atoms with van der Waals surface area (Å²) in [7, 11) is 0. The largest absolute Gasteiger partial charge is 0.454 e. The number of nitrogens with one attached hydrogen (secondary N) is 1. The zero-order valence-electron chi connectivity index (χ0n) is 18.5. The number of thioether (sulfide) groups is 1. The topological polar surface area (TPSA) is 67.9 Å². The maximum atomic E-state index is 13.4. The third-order valence-corrected chi connectivity index (χ3v) is 7.15. The van der Waals surface area contributed by atoms with Crippen molar-refractivity contribution in [2.45, 2.75) is 30.4 Å². The number of hydrogen-bond donors (Lipinski definition) is 1. The van der Waals surface area contributed by atoms with E-state index in [1.54, 1.807) is 16.7 Å². The summed E-state index contributed by atoms with van der Waals surface area (Å²) in [6.45, 7) is 4.10. The lowest BCUT2D eigenvalue weighted by molar-refractivity contribution is -0.121. The molecule has 0 spiro atoms. The minimum atomic E-state index is -0.224. The highest BCUT2D eigenvalue weighted by molar-refractivity contribution is 7.99. The van der Waals surface area contributed by atoms with Gasteiger partial charge in [-0.15, -0.1) is 11.8 Å². The zero-order valence-corrected chi connectivity index (χ0v) is 19.3. The van der Waals surface area contributed by atoms with Gasteiger partial charge in [-0.1, -0.05) is 30.3 Å². The molecule has 0 aliphatic carbocycles. The van der Waals surface area contributed by atoms with Gasteiger partial charge in [0, 0.05) is 22.3 Å². The predicted molar refractivity (Wildman–Crippen MR) is 129 cm³/mol. The van der Waals surface area contributed by atoms with Crippen LogP contribution in [0.3, 0.4) is 0 Å². The summed E-state index contributed by atoms with van der Waals surface area (Å²) in [5.41, 5.74) is 4.56. The Labute approximate surface area is 196 Å². The van der Waals surface area contributed by atoms with E-state index in [1.807, 2.05) is 74.5 Å². The number of ether oxygens (including phenoxy) is 2. The standard InChI is InChI=1S/C26H24N2O4S/c1-16-7-8-17(2)19(11-16)27-25(29)14-28-20-5-3-4-6-23(20)33-24(13-26(28)30)18-9-10-21-22(12-18)32-15-31-21/h3-12,24H,13-15H2,1-2H3,(H,27,29). The Hall–Kier alpha value is -3.45. The van der Waals surface area contributed by atoms with Gasteiger partial charge in [0.05, 0.1) is 5.69 Å². The first kappa shape index (κ1) is 21.4. The molecule has 0 fully saturated rings. The number of carbonyl (C=O) groups excluding carboxylic acids is 2. The average Bonchev–Trinajstić information content (AvgIpc) is 3.22. The number of rotatable bonds is 4. The summed E-state index contributed by atoms with van der Waals surface area (Å²) in [6, 6.07) is 19.5. The van der Waals surface area contributed by atoms with E-state index in [2.05, 4.69) is 5.32 Å². The van der Waals surface area contributed by atoms with Crippen LogP contribution in [-0.4, -0.2) is 25.2 Å². The molecule has 3 aromatic rings. The highest BCUT2D eigenvalue weighted by Crippen LogP contribution is 2.47. The molecular weight excluding hydrogens is 436 g/mol. The number of aryl methyl sites for hydroxylation is 2. The molecule has 3 aromatic carbocycles. The van der Waals surface area contributed by atoms with Gasteiger partial charge in [0.25, 0.3) is 0 Å². The van der Waals surface area contributed by atoms with E-state index in [0.717, 1.165) is 33.0 Å². The molecule has 6 nitrogen and oxygen atoms in total. The molecule has 33 heavy (non-hydrogen) atoms. The lowest BCUT2D eigenvalue weighted by Crippen LogP contribution is -2.38. The number of anilines is 2. The monoisotopic (exact) mass is 460 g/mol. The first-order valence-corrected chi connectivity index (χ1v) is 11.7. The van der Waals surface area contributed by atoms with Crippen LogP contribution in [0.1, 0.15) is 28.4 Å². The Morgan fingerprint density at radius 1 is 1.06 bits per heavy atom. The number of nitrogens with zero attached hydrogens (tertiary/aromatic N) is 1. The molecule has 1 unspecified atom stereocenters. The number of benzene rings is 3. The molecule has 2 heterocycles. The van der Waals surface area contributed by atoms with Gasteiger partial charge in [-0.2, -0.15) is 0 Å². The first-order valence-electron chi connectivity index (χ1n) is 10.8. The maximum Gasteiger partial charge on any atom is 0.244 e. The van der Waals surface area contributed by atoms with Crippen molar-refractivity contribution in [3.05, 3.63) is 77.4 Å². The van der Waals surface area contributed by atoms with Gasteiger partial charge in [-0.3, -0.25) is 9.59 Å². The second-order valence-electron chi connectivity index (χ2n) is 8.24. The number of amides is 2. The van der Waals surface area contributed by atoms with E-state index < -0.39 is 0 Å². The molecule has 1 atom stereocenters. The van der Waals surface area contributed by atoms with Crippen LogP contribution in [0, 0.1) is 13.8 Å². The van der Waals surface area contributed by atoms with E-state index in [9.17, 15) is 9.59 Å². The van der Waals surface area contributed by atoms with Crippen LogP contribution < -0.4 is 19.7 Å². The molecule has 0 saturated carbocycles. The van der Waals surface area contributed by atoms with Gasteiger partial charge in [-0.25, -0.2) is 0 Å². The normalized spacial score (nSPS) is 16.8. The van der Waals surface area contributed by atoms with E-state index in [0.29, 0.717) is 11.5 Å². The third kappa shape index (κ3) is 4.41. The minimum Gasteiger partial charge on any atom is -0.454 e. The van der Waals surface area contributed by atoms with Gasteiger partial charge >= 0.3 is 0 Å². The summed E-state index contributed by atoms with van der Waals surface area (Å²) >= 11 is 1.63. The van der Waals surface area contributed by atoms with Crippen LogP contribution in [-0.2, 0) is 9.59 Å². The van der Waals surface area contributed by atoms with Crippen LogP contribution >= 0.6 is 11.8 Å². The molecule has 5 rings (SSSR count). The average molecular weight is 461 g/mol. The van der Waals surface area contributed by atoms with Crippen LogP contribution in [0.25, 0.3) is 0 Å². The van der Waals surface area contributed by atoms with E-state index in [4.69, 9.17) is 9.47 Å². The van der Waals surface area contributed by atoms with Crippen molar-refractivity contribution in [1.29, 1.82) is 0 Å². The van der Waals surface area contributed by atoms with E-state index in [-0.39, 0.29) is 36.8 Å². The summed E-state index contributed by atoms with van der Waals surface area (Å²) in [4.78, 5) is 28.9. The number of fused-ring (bicyclic) bond motifs is 2. The fourth-order valence-electron chi connectivity index (χ4n) is 4.05. The Morgan fingerprint density at radius 2 is 1.88 bits per heavy atom. The smallest absolute Gasteiger partial charge is 0.244 e. The molecule has 7 heteroatoms. The summed E-state index contributed by atoms with van der Waals surface area (Å²) in [6.07, 6.45) is 0.274. The van der Waals surface area contributed by atoms with Gasteiger partial charge in [0.15, 0.2) is 11.5 Å². The van der Waals surface area contributed by atoms with Gasteiger partial charge in [-0.05, 0) is 60.9 Å². The summed E-state index contributed by atoms with van der Waals surface area (Å²) < 4.78 is 10.9. The molecule has 2 aliphatic rings. The quantitative estimate of drug-likeness (QED) is 0.577. The highest BCUT2D eigenvalue weighted by Gasteiger charge is 2.31. The summed E-state index contributed by atoms with van der Waals surface area (Å²) in [5.74, 6) is 1.10. The summed E-state index contributed by atoms with van der Waals surface area (Å²) in [5, 5.41) is 2.87. The fourth-order valence-corrected chi connectivity index (χ4v) is 5.33. The first-order chi connectivity index (χ1) is 16.0. The zero-order chi connectivity index (χ0) is 22.9. The van der Waals surface area contributed by atoms with Gasteiger partial charge in [0.2, 0.25) is 18.6 Å². The molecule has 1 N–H and O–H groups in total. The highest BCUT2D eigenvalue weighted by atomic mass is 32.2. The van der Waals surface area contributed by atoms with Crippen molar-refractivity contribution in [1.82, 2.24) is 0 Å². The molecular formula is C26H24N2O4S. The molecule has 0 radical (unpaired) electrons. The maximum absolute atomic E-state index is 13.4. The Kier molecular flexibility index (Phi) is 5.72. The molecule has 168 valence electrons. The van der Waals surface area contributed by atoms with Crippen LogP contribution in [0.4, 0.5) is 11.4 Å². The molecule has 0 saturated heterocycles. The number of hydrogen-bond acceptors (Lipinski definition) is 5. The lowest BCUT2D eigenvalue weighted by Gasteiger charge is -2.22. The molecule has 0 aromatic heterocycles. The fraction of sp³-hybridized carbons (Fsp3) is 0.231. The van der Waals surface area contributed by atoms with Crippen molar-refractivity contribution in [2.24, 2.45) is 0 Å². The van der Waals surface area contributed by atoms with Crippen molar-refractivity contribution < 1.29 is 19.1 Å². The number of carbonyl (C=O) groups is 2. The lowest BCUT2D eigenvalue weighted by atomic mass is 10.1. The van der Waals surface area contributed by atoms with Gasteiger partial charge < -0.3 is 19.7 Å². The van der Waals surface area contributed by atoms with E-state index >= 15 is 0 Å². The Bertz CT molecular complexity index is 1240. The van der Waals surface area contributed by atoms with Crippen molar-refractivity contribution in [3.8, 4) is 11.5 Å². The predicted octanol–water partition coefficient (Wildman–Crippen LogP) is 5.24. The minimum absolute atomic E-state index is 0.0440. The van der Waals surface area contributed by atoms with Crippen LogP contribution in [0.5, 0.6) is 11.5 Å². The van der Waals surface area contributed by atoms with Crippen molar-refractivity contribution in [2.75, 3.05) is 23.6 Å². The van der Waals surface area contributed by atoms with Crippen LogP contribution in [0.2, 0.25) is 0 Å². The Balaban J connectivity index is 1.40. The van der Waals surface area contributed by atoms with Crippen LogP contribution in [0.15, 0.2) is 65.6 Å². The second kappa shape index (κ2) is 8.83. The second-order valence-corrected chi connectivity index (χ2v) is 9.48. The third-order valence-electron chi connectivity index (χ3n) is 5.82. The van der Waals surface area contributed by atoms with Crippen molar-refractivity contribution in [3.63, 3.8) is 0 Å². The van der Waals surface area contributed by atoms with Gasteiger partial charge in [0.1, 0.15) is 6.54 Å². The number of para-hydroxylation sites is 1. The Morgan fingerprint density at radius 3 is 2.76 bits per heavy atom. The SMILES string of the molecule is Cc1ccc(C)c(NC(=O)CN2C(=O)CC(c3ccc4c(c3)OCO4)Sc3ccccc32)c1. The molecule has 0 bridgehead atoms.